The van der Waals surface area contributed by atoms with Gasteiger partial charge < -0.3 is 33.0 Å². The second-order valence-corrected chi connectivity index (χ2v) is 12.2. The molecule has 1 atom stereocenters. The minimum Gasteiger partial charge on any atom is -0.497 e. The van der Waals surface area contributed by atoms with Crippen LogP contribution in [0.2, 0.25) is 0 Å². The number of rotatable bonds is 14. The largest absolute Gasteiger partial charge is 0.497 e. The Kier molecular flexibility index (Phi) is 9.95. The molecule has 5 rings (SSSR count). The summed E-state index contributed by atoms with van der Waals surface area (Å²) in [6.45, 7) is 6.31. The Bertz CT molecular complexity index is 1720. The second-order valence-electron chi connectivity index (χ2n) is 10.1. The van der Waals surface area contributed by atoms with Crippen molar-refractivity contribution in [2.45, 2.75) is 33.2 Å². The van der Waals surface area contributed by atoms with Gasteiger partial charge in [0.25, 0.3) is 0 Å². The summed E-state index contributed by atoms with van der Waals surface area (Å²) in [5, 5.41) is 4.19. The van der Waals surface area contributed by atoms with Crippen LogP contribution < -0.4 is 19.5 Å². The maximum Gasteiger partial charge on any atom is 0.360 e. The first-order chi connectivity index (χ1) is 21.4. The number of hydrogen-bond acceptors (Lipinski definition) is 8. The number of nitrogens with one attached hydrogen (secondary N) is 1. The summed E-state index contributed by atoms with van der Waals surface area (Å²) in [4.78, 5) is 0. The summed E-state index contributed by atoms with van der Waals surface area (Å²) in [7, 11) is -0.613. The molecule has 0 spiro atoms. The lowest BCUT2D eigenvalue weighted by atomic mass is 10.0. The Balaban J connectivity index is 1.73. The fourth-order valence-electron chi connectivity index (χ4n) is 5.11. The van der Waals surface area contributed by atoms with Crippen LogP contribution in [0.5, 0.6) is 17.2 Å². The van der Waals surface area contributed by atoms with E-state index in [4.69, 9.17) is 27.7 Å². The summed E-state index contributed by atoms with van der Waals surface area (Å²) < 4.78 is 50.4. The van der Waals surface area contributed by atoms with Crippen molar-refractivity contribution < 1.29 is 32.2 Å². The van der Waals surface area contributed by atoms with Gasteiger partial charge in [-0.15, -0.1) is 0 Å². The van der Waals surface area contributed by atoms with E-state index in [1.807, 2.05) is 91.9 Å². The van der Waals surface area contributed by atoms with E-state index in [0.717, 1.165) is 33.3 Å². The molecule has 4 aromatic carbocycles. The Hall–Kier alpha value is -4.23. The predicted octanol–water partition coefficient (Wildman–Crippen LogP) is 9.38. The second kappa shape index (κ2) is 14.0. The summed E-state index contributed by atoms with van der Waals surface area (Å²) in [5.74, 6) is 1.19. The molecule has 0 aliphatic heterocycles. The van der Waals surface area contributed by atoms with Crippen LogP contribution in [0.15, 0.2) is 95.4 Å². The van der Waals surface area contributed by atoms with Gasteiger partial charge in [-0.3, -0.25) is 4.57 Å². The quantitative estimate of drug-likeness (QED) is 0.124. The number of fused-ring (bicyclic) bond motifs is 1. The molecule has 230 valence electrons. The lowest BCUT2D eigenvalue weighted by Crippen LogP contribution is -2.15. The van der Waals surface area contributed by atoms with Crippen molar-refractivity contribution in [3.05, 3.63) is 108 Å². The molecule has 44 heavy (non-hydrogen) atoms. The third-order valence-electron chi connectivity index (χ3n) is 7.12. The number of ether oxygens (including phenoxy) is 3. The van der Waals surface area contributed by atoms with Crippen molar-refractivity contribution in [2.24, 2.45) is 0 Å². The van der Waals surface area contributed by atoms with E-state index in [2.05, 4.69) is 5.32 Å². The zero-order valence-corrected chi connectivity index (χ0v) is 26.6. The van der Waals surface area contributed by atoms with E-state index in [-0.39, 0.29) is 13.2 Å². The van der Waals surface area contributed by atoms with Gasteiger partial charge in [-0.25, -0.2) is 0 Å². The van der Waals surface area contributed by atoms with Gasteiger partial charge in [-0.2, -0.15) is 0 Å². The minimum absolute atomic E-state index is 0.187. The molecular weight excluding hydrogens is 577 g/mol. The Labute approximate surface area is 258 Å². The third kappa shape index (κ3) is 6.78. The smallest absolute Gasteiger partial charge is 0.360 e. The van der Waals surface area contributed by atoms with Gasteiger partial charge in [0.2, 0.25) is 0 Å². The average Bonchev–Trinajstić information content (AvgIpc) is 3.40. The fourth-order valence-corrected chi connectivity index (χ4v) is 6.97. The SMILES string of the molecule is CCOP(=O)(OCC)C(Nc1cccc(C)c1)c1oc2cc(OC)c(OCc3ccccc3)cc2c1-c1ccc(OC)cc1. The van der Waals surface area contributed by atoms with Gasteiger partial charge in [0.15, 0.2) is 17.3 Å². The number of furan rings is 1. The highest BCUT2D eigenvalue weighted by Crippen LogP contribution is 2.63. The molecule has 0 aliphatic rings. The van der Waals surface area contributed by atoms with Gasteiger partial charge in [-0.1, -0.05) is 54.6 Å². The summed E-state index contributed by atoms with van der Waals surface area (Å²) in [6.07, 6.45) is 0. The van der Waals surface area contributed by atoms with Gasteiger partial charge in [0.1, 0.15) is 23.7 Å². The fraction of sp³-hybridized carbons (Fsp3) is 0.257. The van der Waals surface area contributed by atoms with Crippen molar-refractivity contribution in [3.8, 4) is 28.4 Å². The van der Waals surface area contributed by atoms with Crippen LogP contribution in [0.4, 0.5) is 5.69 Å². The van der Waals surface area contributed by atoms with E-state index in [1.165, 1.54) is 0 Å². The topological polar surface area (TPSA) is 88.4 Å². The maximum atomic E-state index is 14.6. The maximum absolute atomic E-state index is 14.6. The first-order valence-electron chi connectivity index (χ1n) is 14.6. The normalized spacial score (nSPS) is 12.2. The standard InChI is InChI=1S/C35H38NO7P/c1-6-41-44(37,42-7-2)35(36-27-15-11-12-24(3)20-27)34-33(26-16-18-28(38-4)19-17-26)29-21-32(31(39-5)22-30(29)43-34)40-23-25-13-9-8-10-14-25/h8-22,35-36H,6-7,23H2,1-5H3. The van der Waals surface area contributed by atoms with Crippen LogP contribution in [0.3, 0.4) is 0 Å². The first kappa shape index (κ1) is 31.2. The highest BCUT2D eigenvalue weighted by molar-refractivity contribution is 7.54. The van der Waals surface area contributed by atoms with Crippen molar-refractivity contribution in [2.75, 3.05) is 32.8 Å². The van der Waals surface area contributed by atoms with Crippen molar-refractivity contribution in [3.63, 3.8) is 0 Å². The minimum atomic E-state index is -3.83. The van der Waals surface area contributed by atoms with E-state index in [0.29, 0.717) is 35.2 Å². The molecule has 1 aromatic heterocycles. The van der Waals surface area contributed by atoms with Gasteiger partial charge in [0, 0.05) is 22.7 Å². The van der Waals surface area contributed by atoms with Gasteiger partial charge >= 0.3 is 7.60 Å². The predicted molar refractivity (Wildman–Crippen MR) is 174 cm³/mol. The Morgan fingerprint density at radius 2 is 1.55 bits per heavy atom. The molecule has 0 saturated heterocycles. The van der Waals surface area contributed by atoms with Crippen molar-refractivity contribution >= 4 is 24.3 Å². The average molecular weight is 616 g/mol. The Morgan fingerprint density at radius 1 is 0.818 bits per heavy atom. The van der Waals surface area contributed by atoms with E-state index in [1.54, 1.807) is 34.1 Å². The zero-order chi connectivity index (χ0) is 31.1. The lowest BCUT2D eigenvalue weighted by molar-refractivity contribution is 0.212. The molecule has 5 aromatic rings. The van der Waals surface area contributed by atoms with Gasteiger partial charge in [-0.05, 0) is 67.8 Å². The highest BCUT2D eigenvalue weighted by Gasteiger charge is 2.42. The van der Waals surface area contributed by atoms with Crippen LogP contribution in [-0.2, 0) is 20.2 Å². The molecule has 8 nitrogen and oxygen atoms in total. The molecule has 1 unspecified atom stereocenters. The van der Waals surface area contributed by atoms with E-state index in [9.17, 15) is 4.57 Å². The van der Waals surface area contributed by atoms with Crippen LogP contribution >= 0.6 is 7.60 Å². The van der Waals surface area contributed by atoms with Crippen LogP contribution in [0.1, 0.15) is 36.5 Å². The van der Waals surface area contributed by atoms with Crippen molar-refractivity contribution in [1.82, 2.24) is 0 Å². The molecule has 9 heteroatoms. The number of anilines is 1. The molecule has 1 N–H and O–H groups in total. The molecule has 0 bridgehead atoms. The molecule has 1 heterocycles. The molecule has 0 saturated carbocycles. The van der Waals surface area contributed by atoms with Crippen molar-refractivity contribution in [1.29, 1.82) is 0 Å². The third-order valence-corrected chi connectivity index (χ3v) is 9.35. The molecule has 0 amide bonds. The molecule has 0 radical (unpaired) electrons. The lowest BCUT2D eigenvalue weighted by Gasteiger charge is -2.27. The number of aryl methyl sites for hydroxylation is 1. The van der Waals surface area contributed by atoms with E-state index >= 15 is 0 Å². The molecule has 0 aliphatic carbocycles. The summed E-state index contributed by atoms with van der Waals surface area (Å²) >= 11 is 0. The number of methoxy groups -OCH3 is 2. The molecule has 0 fully saturated rings. The van der Waals surface area contributed by atoms with Gasteiger partial charge in [0.05, 0.1) is 27.4 Å². The number of benzene rings is 4. The van der Waals surface area contributed by atoms with Crippen LogP contribution in [0, 0.1) is 6.92 Å². The van der Waals surface area contributed by atoms with Crippen LogP contribution in [-0.4, -0.2) is 27.4 Å². The zero-order valence-electron chi connectivity index (χ0n) is 25.7. The molecular formula is C35H38NO7P. The highest BCUT2D eigenvalue weighted by atomic mass is 31.2. The monoisotopic (exact) mass is 615 g/mol. The van der Waals surface area contributed by atoms with Crippen LogP contribution in [0.25, 0.3) is 22.1 Å². The van der Waals surface area contributed by atoms with E-state index < -0.39 is 13.4 Å². The Morgan fingerprint density at radius 3 is 2.18 bits per heavy atom. The first-order valence-corrected chi connectivity index (χ1v) is 16.2. The summed E-state index contributed by atoms with van der Waals surface area (Å²) in [5.41, 5.74) is 4.90. The number of hydrogen-bond donors (Lipinski definition) is 1. The summed E-state index contributed by atoms with van der Waals surface area (Å²) in [6, 6.07) is 29.1.